The van der Waals surface area contributed by atoms with E-state index in [1.165, 1.54) is 5.56 Å². The molecule has 2 aromatic rings. The molecule has 1 heteroatoms. The van der Waals surface area contributed by atoms with Gasteiger partial charge in [0.15, 0.2) is 12.4 Å². The fourth-order valence-corrected chi connectivity index (χ4v) is 1.47. The minimum Gasteiger partial charge on any atom is -0.167 e. The standard InChI is InChI=1S/C14H14N/c1-12-6-8-14(9-7-12)13(2)15-10-4-3-5-11-15/h3-11H,2H2,1H3/q+1. The molecule has 0 radical (unpaired) electrons. The molecule has 1 heterocycles. The molecule has 0 unspecified atom stereocenters. The molecule has 1 nitrogen and oxygen atoms in total. The van der Waals surface area contributed by atoms with Crippen molar-refractivity contribution >= 4 is 5.70 Å². The zero-order chi connectivity index (χ0) is 10.7. The molecule has 0 aliphatic rings. The fraction of sp³-hybridized carbons (Fsp3) is 0.0714. The van der Waals surface area contributed by atoms with Gasteiger partial charge in [-0.25, -0.2) is 0 Å². The third-order valence-corrected chi connectivity index (χ3v) is 2.41. The predicted octanol–water partition coefficient (Wildman–Crippen LogP) is 2.80. The van der Waals surface area contributed by atoms with Crippen molar-refractivity contribution in [2.45, 2.75) is 6.92 Å². The lowest BCUT2D eigenvalue weighted by molar-refractivity contribution is -0.578. The maximum atomic E-state index is 4.09. The quantitative estimate of drug-likeness (QED) is 0.650. The molecule has 1 aromatic heterocycles. The van der Waals surface area contributed by atoms with E-state index in [0.29, 0.717) is 0 Å². The highest BCUT2D eigenvalue weighted by atomic mass is 14.9. The minimum atomic E-state index is 0.996. The summed E-state index contributed by atoms with van der Waals surface area (Å²) in [7, 11) is 0. The smallest absolute Gasteiger partial charge is 0.167 e. The Bertz CT molecular complexity index is 454. The van der Waals surface area contributed by atoms with Gasteiger partial charge in [0, 0.05) is 17.7 Å². The fourth-order valence-electron chi connectivity index (χ4n) is 1.47. The number of aryl methyl sites for hydroxylation is 1. The molecule has 0 amide bonds. The molecule has 0 saturated carbocycles. The van der Waals surface area contributed by atoms with Crippen molar-refractivity contribution in [1.29, 1.82) is 0 Å². The van der Waals surface area contributed by atoms with Gasteiger partial charge in [-0.1, -0.05) is 23.8 Å². The van der Waals surface area contributed by atoms with E-state index in [1.807, 2.05) is 35.2 Å². The first kappa shape index (κ1) is 9.66. The SMILES string of the molecule is C=C(c1ccc(C)cc1)[n+]1ccccc1. The summed E-state index contributed by atoms with van der Waals surface area (Å²) in [5.74, 6) is 0. The van der Waals surface area contributed by atoms with Gasteiger partial charge in [-0.3, -0.25) is 0 Å². The largest absolute Gasteiger partial charge is 0.210 e. The van der Waals surface area contributed by atoms with Crippen LogP contribution in [0.25, 0.3) is 5.70 Å². The van der Waals surface area contributed by atoms with Crippen LogP contribution in [0.3, 0.4) is 0 Å². The second-order valence-electron chi connectivity index (χ2n) is 3.60. The summed E-state index contributed by atoms with van der Waals surface area (Å²) in [6.07, 6.45) is 4.00. The highest BCUT2D eigenvalue weighted by molar-refractivity contribution is 5.55. The Balaban J connectivity index is 2.33. The lowest BCUT2D eigenvalue weighted by Crippen LogP contribution is -2.30. The van der Waals surface area contributed by atoms with E-state index in [0.717, 1.165) is 11.3 Å². The molecule has 0 atom stereocenters. The molecule has 1 aromatic carbocycles. The van der Waals surface area contributed by atoms with Gasteiger partial charge in [0.25, 0.3) is 0 Å². The highest BCUT2D eigenvalue weighted by Gasteiger charge is 2.07. The van der Waals surface area contributed by atoms with Crippen molar-refractivity contribution < 1.29 is 4.57 Å². The van der Waals surface area contributed by atoms with Gasteiger partial charge in [-0.2, -0.15) is 4.57 Å². The topological polar surface area (TPSA) is 3.88 Å². The van der Waals surface area contributed by atoms with Crippen molar-refractivity contribution in [3.05, 3.63) is 72.6 Å². The van der Waals surface area contributed by atoms with Crippen LogP contribution in [-0.2, 0) is 0 Å². The van der Waals surface area contributed by atoms with Gasteiger partial charge in [0.05, 0.1) is 0 Å². The van der Waals surface area contributed by atoms with Gasteiger partial charge in [0.1, 0.15) is 0 Å². The van der Waals surface area contributed by atoms with Gasteiger partial charge in [-0.05, 0) is 25.6 Å². The first-order valence-electron chi connectivity index (χ1n) is 5.00. The van der Waals surface area contributed by atoms with Crippen LogP contribution in [0.15, 0.2) is 61.4 Å². The van der Waals surface area contributed by atoms with Crippen molar-refractivity contribution in [2.75, 3.05) is 0 Å². The van der Waals surface area contributed by atoms with Crippen molar-refractivity contribution in [3.8, 4) is 0 Å². The molecule has 0 spiro atoms. The van der Waals surface area contributed by atoms with Crippen molar-refractivity contribution in [3.63, 3.8) is 0 Å². The van der Waals surface area contributed by atoms with Crippen LogP contribution < -0.4 is 4.57 Å². The van der Waals surface area contributed by atoms with Gasteiger partial charge in [-0.15, -0.1) is 0 Å². The summed E-state index contributed by atoms with van der Waals surface area (Å²) in [6.45, 7) is 6.17. The van der Waals surface area contributed by atoms with E-state index in [1.54, 1.807) is 0 Å². The first-order chi connectivity index (χ1) is 7.27. The van der Waals surface area contributed by atoms with E-state index in [2.05, 4.69) is 37.8 Å². The molecule has 0 N–H and O–H groups in total. The average Bonchev–Trinajstić information content (AvgIpc) is 2.30. The van der Waals surface area contributed by atoms with Crippen molar-refractivity contribution in [1.82, 2.24) is 0 Å². The second kappa shape index (κ2) is 4.09. The second-order valence-corrected chi connectivity index (χ2v) is 3.60. The van der Waals surface area contributed by atoms with Gasteiger partial charge in [0.2, 0.25) is 5.70 Å². The number of hydrogen-bond acceptors (Lipinski definition) is 0. The summed E-state index contributed by atoms with van der Waals surface area (Å²) in [5, 5.41) is 0. The van der Waals surface area contributed by atoms with Crippen LogP contribution in [0.4, 0.5) is 0 Å². The minimum absolute atomic E-state index is 0.996. The average molecular weight is 196 g/mol. The Labute approximate surface area is 90.3 Å². The van der Waals surface area contributed by atoms with Crippen LogP contribution in [0.5, 0.6) is 0 Å². The summed E-state index contributed by atoms with van der Waals surface area (Å²) >= 11 is 0. The maximum absolute atomic E-state index is 4.09. The predicted molar refractivity (Wildman–Crippen MR) is 62.2 cm³/mol. The summed E-state index contributed by atoms with van der Waals surface area (Å²) in [6, 6.07) is 14.4. The monoisotopic (exact) mass is 196 g/mol. The number of aromatic nitrogens is 1. The van der Waals surface area contributed by atoms with Crippen LogP contribution >= 0.6 is 0 Å². The van der Waals surface area contributed by atoms with Crippen LogP contribution in [-0.4, -0.2) is 0 Å². The Morgan fingerprint density at radius 3 is 2.20 bits per heavy atom. The molecule has 0 bridgehead atoms. The number of benzene rings is 1. The molecule has 74 valence electrons. The van der Waals surface area contributed by atoms with E-state index in [9.17, 15) is 0 Å². The highest BCUT2D eigenvalue weighted by Crippen LogP contribution is 2.09. The van der Waals surface area contributed by atoms with E-state index in [4.69, 9.17) is 0 Å². The van der Waals surface area contributed by atoms with E-state index in [-0.39, 0.29) is 0 Å². The third kappa shape index (κ3) is 2.13. The van der Waals surface area contributed by atoms with Crippen LogP contribution in [0, 0.1) is 6.92 Å². The molecule has 0 aliphatic carbocycles. The maximum Gasteiger partial charge on any atom is 0.210 e. The molecule has 0 saturated heterocycles. The summed E-state index contributed by atoms with van der Waals surface area (Å²) in [4.78, 5) is 0. The summed E-state index contributed by atoms with van der Waals surface area (Å²) < 4.78 is 2.02. The molecule has 0 fully saturated rings. The normalized spacial score (nSPS) is 9.93. The number of rotatable bonds is 2. The zero-order valence-corrected chi connectivity index (χ0v) is 8.85. The van der Waals surface area contributed by atoms with E-state index < -0.39 is 0 Å². The Morgan fingerprint density at radius 2 is 1.60 bits per heavy atom. The molecule has 15 heavy (non-hydrogen) atoms. The van der Waals surface area contributed by atoms with E-state index >= 15 is 0 Å². The Hall–Kier alpha value is -1.89. The van der Waals surface area contributed by atoms with Gasteiger partial charge < -0.3 is 0 Å². The summed E-state index contributed by atoms with van der Waals surface area (Å²) in [5.41, 5.74) is 3.41. The lowest BCUT2D eigenvalue weighted by Gasteiger charge is -2.00. The molecule has 0 aliphatic heterocycles. The van der Waals surface area contributed by atoms with Crippen molar-refractivity contribution in [2.24, 2.45) is 0 Å². The first-order valence-corrected chi connectivity index (χ1v) is 5.00. The Morgan fingerprint density at radius 1 is 1.00 bits per heavy atom. The number of pyridine rings is 1. The molecular formula is C14H14N+. The molecular weight excluding hydrogens is 182 g/mol. The number of nitrogens with zero attached hydrogens (tertiary/aromatic N) is 1. The van der Waals surface area contributed by atoms with Crippen LogP contribution in [0.2, 0.25) is 0 Å². The lowest BCUT2D eigenvalue weighted by atomic mass is 10.1. The Kier molecular flexibility index (Phi) is 2.64. The van der Waals surface area contributed by atoms with Gasteiger partial charge >= 0.3 is 0 Å². The van der Waals surface area contributed by atoms with Crippen LogP contribution in [0.1, 0.15) is 11.1 Å². The zero-order valence-electron chi connectivity index (χ0n) is 8.85. The third-order valence-electron chi connectivity index (χ3n) is 2.41. The number of hydrogen-bond donors (Lipinski definition) is 0. The molecule has 2 rings (SSSR count).